The first-order valence-corrected chi connectivity index (χ1v) is 9.63. The molecule has 0 saturated carbocycles. The molecule has 2 nitrogen and oxygen atoms in total. The summed E-state index contributed by atoms with van der Waals surface area (Å²) >= 11 is -2.09. The van der Waals surface area contributed by atoms with Crippen molar-refractivity contribution < 1.29 is 7.86 Å². The Morgan fingerprint density at radius 1 is 0.950 bits per heavy atom. The molecule has 0 unspecified atom stereocenters. The Balaban J connectivity index is 2.24. The predicted molar refractivity (Wildman–Crippen MR) is 88.7 cm³/mol. The molecule has 1 aliphatic rings. The normalized spacial score (nSPS) is 15.2. The molecule has 0 aromatic heterocycles. The van der Waals surface area contributed by atoms with Crippen molar-refractivity contribution in [2.75, 3.05) is 0 Å². The monoisotopic (exact) mass is 380 g/mol. The summed E-state index contributed by atoms with van der Waals surface area (Å²) < 4.78 is 8.24. The van der Waals surface area contributed by atoms with Gasteiger partial charge in [0.05, 0.1) is 0 Å². The van der Waals surface area contributed by atoms with E-state index >= 15 is 0 Å². The fraction of sp³-hybridized carbons (Fsp3) is 0.235. The molecule has 0 aliphatic carbocycles. The molecule has 2 aromatic carbocycles. The van der Waals surface area contributed by atoms with Crippen LogP contribution in [0.5, 0.6) is 0 Å². The van der Waals surface area contributed by atoms with E-state index < -0.39 is 20.2 Å². The maximum absolute atomic E-state index is 12.1. The number of rotatable bonds is 1. The molecule has 1 aliphatic heterocycles. The maximum atomic E-state index is 12.1. The van der Waals surface area contributed by atoms with Gasteiger partial charge in [0.1, 0.15) is 0 Å². The van der Waals surface area contributed by atoms with Crippen LogP contribution in [0.2, 0.25) is 0 Å². The first-order valence-electron chi connectivity index (χ1n) is 6.60. The third kappa shape index (κ3) is 1.95. The van der Waals surface area contributed by atoms with Crippen LogP contribution in [0.4, 0.5) is 0 Å². The molecule has 104 valence electrons. The summed E-state index contributed by atoms with van der Waals surface area (Å²) in [4.78, 5) is 12.1. The molecule has 20 heavy (non-hydrogen) atoms. The van der Waals surface area contributed by atoms with Gasteiger partial charge >= 0.3 is 127 Å². The van der Waals surface area contributed by atoms with Crippen LogP contribution in [0.1, 0.15) is 32.6 Å². The Kier molecular flexibility index (Phi) is 3.32. The van der Waals surface area contributed by atoms with Crippen molar-refractivity contribution >= 4 is 26.2 Å². The summed E-state index contributed by atoms with van der Waals surface area (Å²) in [6.07, 6.45) is 0. The minimum absolute atomic E-state index is 0.149. The van der Waals surface area contributed by atoms with E-state index in [1.165, 1.54) is 25.8 Å². The Morgan fingerprint density at radius 2 is 1.55 bits per heavy atom. The molecule has 0 radical (unpaired) electrons. The molecule has 3 rings (SSSR count). The van der Waals surface area contributed by atoms with E-state index in [-0.39, 0.29) is 5.97 Å². The molecule has 0 fully saturated rings. The van der Waals surface area contributed by atoms with E-state index in [1.54, 1.807) is 0 Å². The number of aryl methyl sites for hydroxylation is 2. The van der Waals surface area contributed by atoms with Crippen molar-refractivity contribution in [1.29, 1.82) is 0 Å². The van der Waals surface area contributed by atoms with Crippen LogP contribution in [0.25, 0.3) is 0 Å². The van der Waals surface area contributed by atoms with Gasteiger partial charge in [0.15, 0.2) is 0 Å². The van der Waals surface area contributed by atoms with Gasteiger partial charge in [0.2, 0.25) is 0 Å². The van der Waals surface area contributed by atoms with Crippen LogP contribution in [0, 0.1) is 34.8 Å². The van der Waals surface area contributed by atoms with E-state index in [9.17, 15) is 4.79 Å². The molecule has 0 atom stereocenters. The van der Waals surface area contributed by atoms with Gasteiger partial charge in [0, 0.05) is 0 Å². The van der Waals surface area contributed by atoms with Gasteiger partial charge in [-0.2, -0.15) is 0 Å². The third-order valence-corrected chi connectivity index (χ3v) is 9.31. The van der Waals surface area contributed by atoms with E-state index in [2.05, 4.69) is 39.8 Å². The fourth-order valence-corrected chi connectivity index (χ4v) is 7.95. The van der Waals surface area contributed by atoms with Gasteiger partial charge in [-0.15, -0.1) is 0 Å². The van der Waals surface area contributed by atoms with Crippen LogP contribution in [0.15, 0.2) is 30.3 Å². The quantitative estimate of drug-likeness (QED) is 0.679. The molecule has 0 spiro atoms. The molecule has 0 saturated heterocycles. The Labute approximate surface area is 127 Å². The van der Waals surface area contributed by atoms with Gasteiger partial charge in [-0.25, -0.2) is 0 Å². The number of benzene rings is 2. The molecular formula is C17H17IO2. The molecule has 3 heteroatoms. The van der Waals surface area contributed by atoms with Gasteiger partial charge in [-0.3, -0.25) is 0 Å². The van der Waals surface area contributed by atoms with E-state index in [0.717, 1.165) is 9.13 Å². The van der Waals surface area contributed by atoms with Crippen molar-refractivity contribution in [2.24, 2.45) is 0 Å². The van der Waals surface area contributed by atoms with Gasteiger partial charge in [-0.05, 0) is 0 Å². The van der Waals surface area contributed by atoms with E-state index in [1.807, 2.05) is 18.2 Å². The Hall–Kier alpha value is -1.36. The van der Waals surface area contributed by atoms with Gasteiger partial charge in [-0.1, -0.05) is 0 Å². The minimum atomic E-state index is -2.09. The third-order valence-electron chi connectivity index (χ3n) is 3.87. The zero-order valence-corrected chi connectivity index (χ0v) is 14.2. The number of carbonyl (C=O) groups excluding carboxylic acids is 1. The molecule has 2 aromatic rings. The average Bonchev–Trinajstić information content (AvgIpc) is 2.75. The van der Waals surface area contributed by atoms with Crippen LogP contribution < -0.4 is 0 Å². The van der Waals surface area contributed by atoms with Crippen LogP contribution in [-0.4, -0.2) is 5.97 Å². The second kappa shape index (κ2) is 4.88. The first kappa shape index (κ1) is 13.6. The number of carbonyl (C=O) groups is 1. The van der Waals surface area contributed by atoms with Crippen molar-refractivity contribution in [3.05, 3.63) is 65.3 Å². The molecule has 0 amide bonds. The van der Waals surface area contributed by atoms with Crippen LogP contribution >= 0.6 is 20.2 Å². The molecular weight excluding hydrogens is 363 g/mol. The average molecular weight is 380 g/mol. The SMILES string of the molecule is Cc1cc(C)c(C)c(I2OC(=O)c3ccccc32)c1C. The number of halogens is 1. The van der Waals surface area contributed by atoms with Crippen LogP contribution in [0.3, 0.4) is 0 Å². The van der Waals surface area contributed by atoms with Crippen molar-refractivity contribution in [3.8, 4) is 0 Å². The van der Waals surface area contributed by atoms with Crippen molar-refractivity contribution in [1.82, 2.24) is 0 Å². The molecule has 0 bridgehead atoms. The number of fused-ring (bicyclic) bond motifs is 1. The summed E-state index contributed by atoms with van der Waals surface area (Å²) in [5.41, 5.74) is 5.88. The van der Waals surface area contributed by atoms with E-state index in [0.29, 0.717) is 0 Å². The van der Waals surface area contributed by atoms with Gasteiger partial charge < -0.3 is 0 Å². The first-order chi connectivity index (χ1) is 9.50. The zero-order valence-electron chi connectivity index (χ0n) is 12.1. The fourth-order valence-electron chi connectivity index (χ4n) is 2.50. The number of hydrogen-bond acceptors (Lipinski definition) is 2. The second-order valence-electron chi connectivity index (χ2n) is 5.17. The standard InChI is InChI=1S/C17H17IO2/c1-10-9-11(2)13(4)16(12(10)3)18-15-8-6-5-7-14(15)17(19)20-18/h5-9H,1-4H3. The number of hydrogen-bond donors (Lipinski definition) is 0. The predicted octanol–water partition coefficient (Wildman–Crippen LogP) is 4.55. The zero-order chi connectivity index (χ0) is 14.4. The van der Waals surface area contributed by atoms with Crippen molar-refractivity contribution in [2.45, 2.75) is 27.7 Å². The summed E-state index contributed by atoms with van der Waals surface area (Å²) in [5.74, 6) is -0.149. The molecule has 1 heterocycles. The summed E-state index contributed by atoms with van der Waals surface area (Å²) in [6.45, 7) is 8.54. The summed E-state index contributed by atoms with van der Waals surface area (Å²) in [7, 11) is 0. The van der Waals surface area contributed by atoms with Gasteiger partial charge in [0.25, 0.3) is 0 Å². The summed E-state index contributed by atoms with van der Waals surface area (Å²) in [6, 6.07) is 10.1. The van der Waals surface area contributed by atoms with Crippen molar-refractivity contribution in [3.63, 3.8) is 0 Å². The van der Waals surface area contributed by atoms with Crippen LogP contribution in [-0.2, 0) is 3.07 Å². The van der Waals surface area contributed by atoms with E-state index in [4.69, 9.17) is 3.07 Å². The Morgan fingerprint density at radius 3 is 2.20 bits per heavy atom. The second-order valence-corrected chi connectivity index (χ2v) is 9.27. The molecule has 0 N–H and O–H groups in total. The topological polar surface area (TPSA) is 26.3 Å². The Bertz CT molecular complexity index is 693. The summed E-state index contributed by atoms with van der Waals surface area (Å²) in [5, 5.41) is 0.